The van der Waals surface area contributed by atoms with Crippen molar-refractivity contribution in [3.05, 3.63) is 112 Å². The minimum absolute atomic E-state index is 0.197. The second-order valence-corrected chi connectivity index (χ2v) is 9.57. The van der Waals surface area contributed by atoms with Crippen LogP contribution in [0, 0.1) is 0 Å². The molecule has 0 radical (unpaired) electrons. The molecule has 2 N–H and O–H groups in total. The van der Waals surface area contributed by atoms with Crippen LogP contribution in [0.5, 0.6) is 5.75 Å². The Morgan fingerprint density at radius 2 is 1.54 bits per heavy atom. The summed E-state index contributed by atoms with van der Waals surface area (Å²) in [5.74, 6) is -0.345. The van der Waals surface area contributed by atoms with Crippen molar-refractivity contribution in [1.29, 1.82) is 0 Å². The SMILES string of the molecule is COC(=O)Nc1ccc(NC(=O)[C@H](Cc2ccccc2)n2cc(OC)c(-c3cc(Cl)ccc3C(C)=O)cc2=O)cc1. The molecule has 4 rings (SSSR count). The third-order valence-corrected chi connectivity index (χ3v) is 6.64. The smallest absolute Gasteiger partial charge is 0.411 e. The predicted molar refractivity (Wildman–Crippen MR) is 158 cm³/mol. The first-order valence-corrected chi connectivity index (χ1v) is 13.0. The molecule has 9 nitrogen and oxygen atoms in total. The van der Waals surface area contributed by atoms with Crippen LogP contribution in [0.2, 0.25) is 5.02 Å². The first-order chi connectivity index (χ1) is 19.7. The molecule has 10 heteroatoms. The average molecular weight is 574 g/mol. The molecule has 1 heterocycles. The van der Waals surface area contributed by atoms with Gasteiger partial charge in [0.1, 0.15) is 11.8 Å². The third kappa shape index (κ3) is 7.01. The summed E-state index contributed by atoms with van der Waals surface area (Å²) in [4.78, 5) is 51.0. The van der Waals surface area contributed by atoms with Crippen molar-refractivity contribution >= 4 is 40.8 Å². The van der Waals surface area contributed by atoms with E-state index in [-0.39, 0.29) is 12.2 Å². The summed E-state index contributed by atoms with van der Waals surface area (Å²) in [5, 5.41) is 5.79. The first kappa shape index (κ1) is 29.1. The highest BCUT2D eigenvalue weighted by Crippen LogP contribution is 2.34. The van der Waals surface area contributed by atoms with Crippen LogP contribution in [0.25, 0.3) is 11.1 Å². The zero-order chi connectivity index (χ0) is 29.5. The van der Waals surface area contributed by atoms with Gasteiger partial charge in [0.15, 0.2) is 5.78 Å². The van der Waals surface area contributed by atoms with Crippen LogP contribution < -0.4 is 20.9 Å². The summed E-state index contributed by atoms with van der Waals surface area (Å²) in [6.45, 7) is 1.43. The number of aromatic nitrogens is 1. The van der Waals surface area contributed by atoms with Gasteiger partial charge in [0.25, 0.3) is 5.56 Å². The van der Waals surface area contributed by atoms with Gasteiger partial charge in [0.05, 0.1) is 20.4 Å². The van der Waals surface area contributed by atoms with E-state index in [9.17, 15) is 19.2 Å². The van der Waals surface area contributed by atoms with Gasteiger partial charge in [-0.3, -0.25) is 24.3 Å². The number of carbonyl (C=O) groups is 3. The Hall–Kier alpha value is -4.89. The molecular formula is C31H28ClN3O6. The van der Waals surface area contributed by atoms with Crippen molar-refractivity contribution in [3.8, 4) is 16.9 Å². The Morgan fingerprint density at radius 1 is 0.878 bits per heavy atom. The van der Waals surface area contributed by atoms with Crippen molar-refractivity contribution in [3.63, 3.8) is 0 Å². The van der Waals surface area contributed by atoms with Crippen LogP contribution in [0.1, 0.15) is 28.9 Å². The van der Waals surface area contributed by atoms with Gasteiger partial charge in [-0.15, -0.1) is 0 Å². The Balaban J connectivity index is 1.74. The van der Waals surface area contributed by atoms with Gasteiger partial charge in [0, 0.05) is 40.0 Å². The number of halogens is 1. The number of hydrogen-bond donors (Lipinski definition) is 2. The van der Waals surface area contributed by atoms with Crippen molar-refractivity contribution in [1.82, 2.24) is 4.57 Å². The van der Waals surface area contributed by atoms with Crippen LogP contribution in [-0.4, -0.2) is 36.6 Å². The monoisotopic (exact) mass is 573 g/mol. The standard InChI is InChI=1S/C31H28ClN3O6/c1-19(36)24-14-9-21(32)16-25(24)26-17-29(37)35(18-28(26)40-2)27(15-20-7-5-4-6-8-20)30(38)33-22-10-12-23(13-11-22)34-31(39)41-3/h4-14,16-18,27H,15H2,1-3H3,(H,33,38)(H,34,39)/t27-/m0/s1. The van der Waals surface area contributed by atoms with Crippen molar-refractivity contribution < 1.29 is 23.9 Å². The van der Waals surface area contributed by atoms with E-state index in [1.165, 1.54) is 38.0 Å². The molecule has 1 atom stereocenters. The van der Waals surface area contributed by atoms with E-state index in [4.69, 9.17) is 16.3 Å². The highest BCUT2D eigenvalue weighted by molar-refractivity contribution is 6.31. The number of hydrogen-bond acceptors (Lipinski definition) is 6. The van der Waals surface area contributed by atoms with E-state index in [2.05, 4.69) is 15.4 Å². The molecule has 3 aromatic carbocycles. The molecule has 2 amide bonds. The number of amides is 2. The molecule has 0 aliphatic heterocycles. The number of ketones is 1. The maximum atomic E-state index is 13.7. The number of rotatable bonds is 9. The maximum absolute atomic E-state index is 13.7. The number of nitrogens with zero attached hydrogens (tertiary/aromatic N) is 1. The molecule has 0 saturated carbocycles. The van der Waals surface area contributed by atoms with E-state index in [0.29, 0.717) is 38.8 Å². The van der Waals surface area contributed by atoms with Gasteiger partial charge in [0.2, 0.25) is 5.91 Å². The van der Waals surface area contributed by atoms with Crippen LogP contribution in [-0.2, 0) is 16.0 Å². The number of nitrogens with one attached hydrogen (secondary N) is 2. The second kappa shape index (κ2) is 13.0. The highest BCUT2D eigenvalue weighted by atomic mass is 35.5. The summed E-state index contributed by atoms with van der Waals surface area (Å²) in [6.07, 6.45) is 1.07. The van der Waals surface area contributed by atoms with Crippen LogP contribution in [0.3, 0.4) is 0 Å². The molecule has 0 aliphatic carbocycles. The van der Waals surface area contributed by atoms with E-state index in [0.717, 1.165) is 5.56 Å². The summed E-state index contributed by atoms with van der Waals surface area (Å²) >= 11 is 6.22. The molecule has 0 saturated heterocycles. The van der Waals surface area contributed by atoms with Gasteiger partial charge < -0.3 is 14.8 Å². The third-order valence-electron chi connectivity index (χ3n) is 6.41. The molecular weight excluding hydrogens is 546 g/mol. The predicted octanol–water partition coefficient (Wildman–Crippen LogP) is 5.98. The van der Waals surface area contributed by atoms with E-state index in [1.807, 2.05) is 30.3 Å². The normalized spacial score (nSPS) is 11.3. The molecule has 210 valence electrons. The van der Waals surface area contributed by atoms with Crippen molar-refractivity contribution in [2.45, 2.75) is 19.4 Å². The minimum atomic E-state index is -0.952. The Bertz CT molecular complexity index is 1630. The van der Waals surface area contributed by atoms with Crippen LogP contribution in [0.4, 0.5) is 16.2 Å². The maximum Gasteiger partial charge on any atom is 0.411 e. The topological polar surface area (TPSA) is 116 Å². The Kier molecular flexibility index (Phi) is 9.21. The fraction of sp³-hybridized carbons (Fsp3) is 0.161. The zero-order valence-corrected chi connectivity index (χ0v) is 23.4. The molecule has 41 heavy (non-hydrogen) atoms. The number of methoxy groups -OCH3 is 2. The molecule has 1 aromatic heterocycles. The van der Waals surface area contributed by atoms with Gasteiger partial charge in [-0.25, -0.2) is 4.79 Å². The van der Waals surface area contributed by atoms with E-state index >= 15 is 0 Å². The summed E-state index contributed by atoms with van der Waals surface area (Å²) in [5.41, 5.74) is 2.54. The number of carbonyl (C=O) groups excluding carboxylic acids is 3. The van der Waals surface area contributed by atoms with Crippen molar-refractivity contribution in [2.75, 3.05) is 24.9 Å². The van der Waals surface area contributed by atoms with Crippen LogP contribution >= 0.6 is 11.6 Å². The lowest BCUT2D eigenvalue weighted by Gasteiger charge is -2.22. The van der Waals surface area contributed by atoms with Gasteiger partial charge in [-0.05, 0) is 60.5 Å². The largest absolute Gasteiger partial charge is 0.495 e. The van der Waals surface area contributed by atoms with Crippen LogP contribution in [0.15, 0.2) is 89.9 Å². The van der Waals surface area contributed by atoms with Gasteiger partial charge in [-0.2, -0.15) is 0 Å². The fourth-order valence-electron chi connectivity index (χ4n) is 4.38. The lowest BCUT2D eigenvalue weighted by Crippen LogP contribution is -2.34. The summed E-state index contributed by atoms with van der Waals surface area (Å²) in [6, 6.07) is 21.0. The number of benzene rings is 3. The second-order valence-electron chi connectivity index (χ2n) is 9.14. The van der Waals surface area contributed by atoms with E-state index in [1.54, 1.807) is 42.5 Å². The lowest BCUT2D eigenvalue weighted by molar-refractivity contribution is -0.119. The minimum Gasteiger partial charge on any atom is -0.495 e. The van der Waals surface area contributed by atoms with Crippen molar-refractivity contribution in [2.24, 2.45) is 0 Å². The Labute approximate surface area is 241 Å². The fourth-order valence-corrected chi connectivity index (χ4v) is 4.55. The molecule has 0 unspecified atom stereocenters. The Morgan fingerprint density at radius 3 is 2.15 bits per heavy atom. The van der Waals surface area contributed by atoms with Gasteiger partial charge in [-0.1, -0.05) is 41.9 Å². The summed E-state index contributed by atoms with van der Waals surface area (Å²) < 4.78 is 11.5. The zero-order valence-electron chi connectivity index (χ0n) is 22.6. The average Bonchev–Trinajstić information content (AvgIpc) is 2.97. The molecule has 0 spiro atoms. The summed E-state index contributed by atoms with van der Waals surface area (Å²) in [7, 11) is 2.71. The number of anilines is 2. The van der Waals surface area contributed by atoms with E-state index < -0.39 is 23.6 Å². The molecule has 4 aromatic rings. The number of Topliss-reactive ketones (excluding diaryl/α,β-unsaturated/α-hetero) is 1. The quantitative estimate of drug-likeness (QED) is 0.238. The first-order valence-electron chi connectivity index (χ1n) is 12.6. The number of ether oxygens (including phenoxy) is 2. The molecule has 0 bridgehead atoms. The van der Waals surface area contributed by atoms with Gasteiger partial charge >= 0.3 is 6.09 Å². The highest BCUT2D eigenvalue weighted by Gasteiger charge is 2.25. The molecule has 0 aliphatic rings. The molecule has 0 fully saturated rings. The lowest BCUT2D eigenvalue weighted by atomic mass is 9.97. The number of pyridine rings is 1.